The number of ketones is 1. The third-order valence-electron chi connectivity index (χ3n) is 5.53. The van der Waals surface area contributed by atoms with Crippen molar-refractivity contribution in [2.24, 2.45) is 0 Å². The van der Waals surface area contributed by atoms with Crippen molar-refractivity contribution in [3.05, 3.63) is 53.7 Å². The van der Waals surface area contributed by atoms with E-state index < -0.39 is 0 Å². The number of Topliss-reactive ketones (excluding diaryl/α,β-unsaturated/α-hetero) is 1. The first-order valence-corrected chi connectivity index (χ1v) is 9.00. The molecule has 1 fully saturated rings. The van der Waals surface area contributed by atoms with Gasteiger partial charge in [0.2, 0.25) is 0 Å². The zero-order valence-corrected chi connectivity index (χ0v) is 14.8. The molecule has 0 spiro atoms. The molecule has 0 radical (unpaired) electrons. The Hall–Kier alpha value is -3.06. The first-order chi connectivity index (χ1) is 12.6. The molecule has 4 heteroatoms. The van der Waals surface area contributed by atoms with E-state index in [0.717, 1.165) is 46.1 Å². The summed E-state index contributed by atoms with van der Waals surface area (Å²) >= 11 is 0. The summed E-state index contributed by atoms with van der Waals surface area (Å²) < 4.78 is 2.29. The van der Waals surface area contributed by atoms with E-state index >= 15 is 0 Å². The van der Waals surface area contributed by atoms with Gasteiger partial charge in [0.1, 0.15) is 5.78 Å². The van der Waals surface area contributed by atoms with Gasteiger partial charge in [0.05, 0.1) is 11.6 Å². The van der Waals surface area contributed by atoms with Crippen LogP contribution in [0.3, 0.4) is 0 Å². The predicted octanol–water partition coefficient (Wildman–Crippen LogP) is 4.75. The number of nitriles is 1. The first kappa shape index (κ1) is 16.4. The highest BCUT2D eigenvalue weighted by Crippen LogP contribution is 2.38. The Bertz CT molecular complexity index is 1050. The molecule has 1 saturated carbocycles. The largest absolute Gasteiger partial charge is 0.398 e. The number of hydrogen-bond acceptors (Lipinski definition) is 3. The van der Waals surface area contributed by atoms with E-state index in [4.69, 9.17) is 5.73 Å². The zero-order valence-electron chi connectivity index (χ0n) is 14.8. The molecule has 1 aliphatic rings. The predicted molar refractivity (Wildman–Crippen MR) is 104 cm³/mol. The number of rotatable bonds is 2. The van der Waals surface area contributed by atoms with Crippen molar-refractivity contribution < 1.29 is 4.79 Å². The van der Waals surface area contributed by atoms with Crippen molar-refractivity contribution in [3.8, 4) is 17.2 Å². The van der Waals surface area contributed by atoms with Crippen molar-refractivity contribution in [2.45, 2.75) is 38.6 Å². The van der Waals surface area contributed by atoms with Gasteiger partial charge in [-0.15, -0.1) is 0 Å². The fourth-order valence-electron chi connectivity index (χ4n) is 3.99. The minimum Gasteiger partial charge on any atom is -0.398 e. The Kier molecular flexibility index (Phi) is 4.00. The van der Waals surface area contributed by atoms with Gasteiger partial charge in [-0.2, -0.15) is 5.26 Å². The number of anilines is 1. The maximum absolute atomic E-state index is 11.6. The van der Waals surface area contributed by atoms with Crippen LogP contribution in [0.1, 0.15) is 42.9 Å². The molecule has 130 valence electrons. The number of carbonyl (C=O) groups is 1. The molecule has 1 heterocycles. The van der Waals surface area contributed by atoms with Gasteiger partial charge in [0.15, 0.2) is 0 Å². The van der Waals surface area contributed by atoms with Gasteiger partial charge in [0.25, 0.3) is 0 Å². The van der Waals surface area contributed by atoms with Crippen molar-refractivity contribution >= 4 is 22.4 Å². The Morgan fingerprint density at radius 2 is 1.92 bits per heavy atom. The molecular weight excluding hydrogens is 322 g/mol. The lowest BCUT2D eigenvalue weighted by atomic mass is 9.94. The summed E-state index contributed by atoms with van der Waals surface area (Å²) in [5, 5.41) is 10.4. The minimum atomic E-state index is 0.318. The topological polar surface area (TPSA) is 71.8 Å². The standard InChI is InChI=1S/C22H21N3O/c1-14-18(3-2-4-21(14)24)20-13-25(16-6-8-17(26)9-7-16)22-10-5-15(12-23)11-19(20)22/h2-5,10-11,13,16H,6-9,24H2,1H3. The average molecular weight is 343 g/mol. The lowest BCUT2D eigenvalue weighted by Crippen LogP contribution is -2.17. The highest BCUT2D eigenvalue weighted by molar-refractivity contribution is 5.98. The Labute approximate surface area is 152 Å². The lowest BCUT2D eigenvalue weighted by Gasteiger charge is -2.23. The van der Waals surface area contributed by atoms with Crippen LogP contribution in [0.25, 0.3) is 22.0 Å². The van der Waals surface area contributed by atoms with Gasteiger partial charge >= 0.3 is 0 Å². The van der Waals surface area contributed by atoms with Crippen LogP contribution in [0.4, 0.5) is 5.69 Å². The molecule has 0 amide bonds. The number of benzene rings is 2. The van der Waals surface area contributed by atoms with Crippen LogP contribution >= 0.6 is 0 Å². The van der Waals surface area contributed by atoms with Gasteiger partial charge in [0, 0.05) is 47.2 Å². The summed E-state index contributed by atoms with van der Waals surface area (Å²) in [6.45, 7) is 2.03. The van der Waals surface area contributed by atoms with E-state index in [2.05, 4.69) is 22.9 Å². The fraction of sp³-hybridized carbons (Fsp3) is 0.273. The molecular formula is C22H21N3O. The maximum atomic E-state index is 11.6. The van der Waals surface area contributed by atoms with Gasteiger partial charge < -0.3 is 10.3 Å². The number of hydrogen-bond donors (Lipinski definition) is 1. The average Bonchev–Trinajstić information content (AvgIpc) is 3.03. The van der Waals surface area contributed by atoms with Gasteiger partial charge in [-0.05, 0) is 55.2 Å². The minimum absolute atomic E-state index is 0.318. The van der Waals surface area contributed by atoms with Crippen LogP contribution in [0.2, 0.25) is 0 Å². The maximum Gasteiger partial charge on any atom is 0.133 e. The molecule has 3 aromatic rings. The van der Waals surface area contributed by atoms with Crippen LogP contribution in [0, 0.1) is 18.3 Å². The Balaban J connectivity index is 1.93. The summed E-state index contributed by atoms with van der Waals surface area (Å²) in [4.78, 5) is 11.6. The van der Waals surface area contributed by atoms with Crippen molar-refractivity contribution in [2.75, 3.05) is 5.73 Å². The summed E-state index contributed by atoms with van der Waals surface area (Å²) in [6, 6.07) is 14.4. The monoisotopic (exact) mass is 343 g/mol. The van der Waals surface area contributed by atoms with E-state index in [1.807, 2.05) is 37.3 Å². The number of aromatic nitrogens is 1. The highest BCUT2D eigenvalue weighted by atomic mass is 16.1. The van der Waals surface area contributed by atoms with Crippen LogP contribution < -0.4 is 5.73 Å². The number of nitrogen functional groups attached to an aromatic ring is 1. The molecule has 0 saturated heterocycles. The molecule has 4 rings (SSSR count). The van der Waals surface area contributed by atoms with Gasteiger partial charge in [-0.3, -0.25) is 4.79 Å². The van der Waals surface area contributed by atoms with Crippen molar-refractivity contribution in [1.29, 1.82) is 5.26 Å². The van der Waals surface area contributed by atoms with Crippen molar-refractivity contribution in [3.63, 3.8) is 0 Å². The van der Waals surface area contributed by atoms with Crippen LogP contribution in [0.15, 0.2) is 42.6 Å². The highest BCUT2D eigenvalue weighted by Gasteiger charge is 2.23. The molecule has 1 aromatic heterocycles. The second-order valence-corrected chi connectivity index (χ2v) is 7.08. The number of nitrogens with two attached hydrogens (primary N) is 1. The number of fused-ring (bicyclic) bond motifs is 1. The second-order valence-electron chi connectivity index (χ2n) is 7.08. The molecule has 0 atom stereocenters. The third-order valence-corrected chi connectivity index (χ3v) is 5.53. The third kappa shape index (κ3) is 2.66. The molecule has 4 nitrogen and oxygen atoms in total. The molecule has 1 aliphatic carbocycles. The normalized spacial score (nSPS) is 15.3. The van der Waals surface area contributed by atoms with E-state index in [-0.39, 0.29) is 0 Å². The molecule has 0 bridgehead atoms. The Morgan fingerprint density at radius 3 is 2.65 bits per heavy atom. The van der Waals surface area contributed by atoms with E-state index in [0.29, 0.717) is 30.2 Å². The summed E-state index contributed by atoms with van der Waals surface area (Å²) in [5.41, 5.74) is 11.9. The summed E-state index contributed by atoms with van der Waals surface area (Å²) in [6.07, 6.45) is 5.21. The molecule has 26 heavy (non-hydrogen) atoms. The first-order valence-electron chi connectivity index (χ1n) is 9.00. The molecule has 0 aliphatic heterocycles. The molecule has 0 unspecified atom stereocenters. The zero-order chi connectivity index (χ0) is 18.3. The van der Waals surface area contributed by atoms with Crippen LogP contribution in [-0.4, -0.2) is 10.4 Å². The van der Waals surface area contributed by atoms with Gasteiger partial charge in [-0.25, -0.2) is 0 Å². The number of carbonyl (C=O) groups excluding carboxylic acids is 1. The second kappa shape index (κ2) is 6.34. The lowest BCUT2D eigenvalue weighted by molar-refractivity contribution is -0.120. The fourth-order valence-corrected chi connectivity index (χ4v) is 3.99. The van der Waals surface area contributed by atoms with Crippen LogP contribution in [-0.2, 0) is 4.79 Å². The molecule has 2 N–H and O–H groups in total. The van der Waals surface area contributed by atoms with E-state index in [9.17, 15) is 10.1 Å². The SMILES string of the molecule is Cc1c(N)cccc1-c1cn(C2CCC(=O)CC2)c2ccc(C#N)cc12. The van der Waals surface area contributed by atoms with Crippen LogP contribution in [0.5, 0.6) is 0 Å². The van der Waals surface area contributed by atoms with E-state index in [1.165, 1.54) is 0 Å². The van der Waals surface area contributed by atoms with Crippen molar-refractivity contribution in [1.82, 2.24) is 4.57 Å². The number of nitrogens with zero attached hydrogens (tertiary/aromatic N) is 2. The quantitative estimate of drug-likeness (QED) is 0.682. The summed E-state index contributed by atoms with van der Waals surface area (Å²) in [7, 11) is 0. The summed E-state index contributed by atoms with van der Waals surface area (Å²) in [5.74, 6) is 0.358. The molecule has 2 aromatic carbocycles. The Morgan fingerprint density at radius 1 is 1.15 bits per heavy atom. The van der Waals surface area contributed by atoms with Gasteiger partial charge in [-0.1, -0.05) is 12.1 Å². The van der Waals surface area contributed by atoms with E-state index in [1.54, 1.807) is 0 Å². The smallest absolute Gasteiger partial charge is 0.133 e.